The van der Waals surface area contributed by atoms with Crippen molar-refractivity contribution in [2.24, 2.45) is 0 Å². The summed E-state index contributed by atoms with van der Waals surface area (Å²) in [7, 11) is 6.40. The highest BCUT2D eigenvalue weighted by molar-refractivity contribution is 6.40. The normalized spacial score (nSPS) is 13.9. The SMILES string of the molecule is [B]c1c(Oc2ccnc3cc(OCC)c(OC(=O)N4CCOCC4)cc23)ccc2[nH]c(C)cc12. The molecule has 0 bridgehead atoms. The molecule has 1 N–H and O–H groups in total. The Balaban J connectivity index is 1.52. The minimum absolute atomic E-state index is 0.299. The van der Waals surface area contributed by atoms with Gasteiger partial charge in [-0.25, -0.2) is 4.79 Å². The number of H-pyrrole nitrogens is 1. The first-order valence-electron chi connectivity index (χ1n) is 11.2. The third-order valence-electron chi connectivity index (χ3n) is 5.69. The second-order valence-corrected chi connectivity index (χ2v) is 8.02. The number of morpholine rings is 1. The highest BCUT2D eigenvalue weighted by Crippen LogP contribution is 2.37. The summed E-state index contributed by atoms with van der Waals surface area (Å²) in [6, 6.07) is 11.0. The van der Waals surface area contributed by atoms with E-state index in [-0.39, 0.29) is 0 Å². The van der Waals surface area contributed by atoms with Crippen LogP contribution in [0.1, 0.15) is 12.6 Å². The molecular weight excluding hydrogens is 433 g/mol. The summed E-state index contributed by atoms with van der Waals surface area (Å²) < 4.78 is 23.0. The predicted molar refractivity (Wildman–Crippen MR) is 130 cm³/mol. The molecule has 5 rings (SSSR count). The molecule has 1 aliphatic rings. The second-order valence-electron chi connectivity index (χ2n) is 8.02. The molecule has 0 aliphatic carbocycles. The lowest BCUT2D eigenvalue weighted by Gasteiger charge is -2.26. The average Bonchev–Trinajstić information content (AvgIpc) is 3.23. The van der Waals surface area contributed by atoms with Gasteiger partial charge in [0.25, 0.3) is 0 Å². The monoisotopic (exact) mass is 457 g/mol. The Bertz CT molecular complexity index is 1360. The van der Waals surface area contributed by atoms with E-state index in [1.165, 1.54) is 0 Å². The van der Waals surface area contributed by atoms with Crippen LogP contribution in [0.15, 0.2) is 42.6 Å². The van der Waals surface area contributed by atoms with Crippen molar-refractivity contribution in [3.63, 3.8) is 0 Å². The standard InChI is InChI=1S/C25H24BN3O5/c1-3-32-22-14-19-16(13-23(22)34-25(30)29-8-10-31-11-9-29)20(6-7-27-19)33-21-5-4-18-17(24(21)26)12-15(2)28-18/h4-7,12-14,28H,3,8-11H2,1-2H3. The first-order chi connectivity index (χ1) is 16.5. The number of aryl methyl sites for hydroxylation is 1. The zero-order valence-electron chi connectivity index (χ0n) is 19.1. The van der Waals surface area contributed by atoms with Crippen LogP contribution in [0.25, 0.3) is 21.8 Å². The predicted octanol–water partition coefficient (Wildman–Crippen LogP) is 3.84. The molecule has 0 saturated carbocycles. The van der Waals surface area contributed by atoms with E-state index in [1.807, 2.05) is 32.0 Å². The Morgan fingerprint density at radius 3 is 2.71 bits per heavy atom. The van der Waals surface area contributed by atoms with E-state index in [0.717, 1.165) is 16.6 Å². The van der Waals surface area contributed by atoms with Crippen LogP contribution < -0.4 is 19.7 Å². The van der Waals surface area contributed by atoms with Gasteiger partial charge in [-0.05, 0) is 55.0 Å². The molecule has 0 unspecified atom stereocenters. The van der Waals surface area contributed by atoms with Crippen molar-refractivity contribution in [2.75, 3.05) is 32.9 Å². The number of ether oxygens (including phenoxy) is 4. The van der Waals surface area contributed by atoms with Gasteiger partial charge in [-0.3, -0.25) is 4.98 Å². The zero-order valence-corrected chi connectivity index (χ0v) is 19.1. The quantitative estimate of drug-likeness (QED) is 0.459. The number of carbonyl (C=O) groups is 1. The fourth-order valence-corrected chi connectivity index (χ4v) is 4.02. The van der Waals surface area contributed by atoms with Crippen LogP contribution in [0.4, 0.5) is 4.79 Å². The van der Waals surface area contributed by atoms with Gasteiger partial charge in [-0.2, -0.15) is 0 Å². The molecule has 1 amide bonds. The average molecular weight is 457 g/mol. The van der Waals surface area contributed by atoms with Crippen LogP contribution in [0.3, 0.4) is 0 Å². The minimum Gasteiger partial charge on any atom is -0.490 e. The van der Waals surface area contributed by atoms with E-state index in [0.29, 0.717) is 72.3 Å². The summed E-state index contributed by atoms with van der Waals surface area (Å²) in [5.41, 5.74) is 3.14. The summed E-state index contributed by atoms with van der Waals surface area (Å²) in [6.07, 6.45) is 1.20. The first-order valence-corrected chi connectivity index (χ1v) is 11.2. The number of fused-ring (bicyclic) bond motifs is 2. The Hall–Kier alpha value is -3.72. The molecule has 8 nitrogen and oxygen atoms in total. The van der Waals surface area contributed by atoms with Crippen LogP contribution in [-0.4, -0.2) is 61.7 Å². The molecule has 0 spiro atoms. The smallest absolute Gasteiger partial charge is 0.415 e. The van der Waals surface area contributed by atoms with Crippen LogP contribution in [0.5, 0.6) is 23.0 Å². The molecule has 172 valence electrons. The molecule has 9 heteroatoms. The van der Waals surface area contributed by atoms with Gasteiger partial charge < -0.3 is 28.8 Å². The summed E-state index contributed by atoms with van der Waals surface area (Å²) >= 11 is 0. The Morgan fingerprint density at radius 1 is 1.09 bits per heavy atom. The van der Waals surface area contributed by atoms with Crippen LogP contribution in [0.2, 0.25) is 0 Å². The molecule has 2 aromatic carbocycles. The maximum absolute atomic E-state index is 12.7. The summed E-state index contributed by atoms with van der Waals surface area (Å²) in [5, 5.41) is 1.56. The molecule has 3 heterocycles. The third-order valence-corrected chi connectivity index (χ3v) is 5.69. The number of nitrogens with zero attached hydrogens (tertiary/aromatic N) is 2. The number of carbonyl (C=O) groups excluding carboxylic acids is 1. The second kappa shape index (κ2) is 9.27. The van der Waals surface area contributed by atoms with E-state index in [4.69, 9.17) is 26.8 Å². The molecule has 4 aromatic rings. The molecule has 0 atom stereocenters. The first kappa shape index (κ1) is 22.1. The van der Waals surface area contributed by atoms with Crippen LogP contribution in [0, 0.1) is 6.92 Å². The minimum atomic E-state index is -0.451. The number of amides is 1. The number of hydrogen-bond donors (Lipinski definition) is 1. The Labute approximate surface area is 198 Å². The topological polar surface area (TPSA) is 85.9 Å². The van der Waals surface area contributed by atoms with E-state index in [1.54, 1.807) is 29.3 Å². The molecule has 2 aromatic heterocycles. The third kappa shape index (κ3) is 4.26. The van der Waals surface area contributed by atoms with Gasteiger partial charge in [0.05, 0.1) is 25.3 Å². The van der Waals surface area contributed by atoms with Crippen molar-refractivity contribution in [2.45, 2.75) is 13.8 Å². The zero-order chi connectivity index (χ0) is 23.7. The molecule has 34 heavy (non-hydrogen) atoms. The van der Waals surface area contributed by atoms with Gasteiger partial charge in [-0.1, -0.05) is 0 Å². The summed E-state index contributed by atoms with van der Waals surface area (Å²) in [5.74, 6) is 1.80. The van der Waals surface area contributed by atoms with Crippen molar-refractivity contribution < 1.29 is 23.7 Å². The number of benzene rings is 2. The van der Waals surface area contributed by atoms with Gasteiger partial charge in [0.15, 0.2) is 11.5 Å². The number of hydrogen-bond acceptors (Lipinski definition) is 6. The highest BCUT2D eigenvalue weighted by atomic mass is 16.6. The highest BCUT2D eigenvalue weighted by Gasteiger charge is 2.22. The number of aromatic amines is 1. The molecule has 1 aliphatic heterocycles. The fraction of sp³-hybridized carbons (Fsp3) is 0.280. The lowest BCUT2D eigenvalue weighted by Crippen LogP contribution is -2.42. The summed E-state index contributed by atoms with van der Waals surface area (Å²) in [6.45, 7) is 6.19. The maximum atomic E-state index is 12.7. The van der Waals surface area contributed by atoms with Crippen LogP contribution in [-0.2, 0) is 4.74 Å². The van der Waals surface area contributed by atoms with Gasteiger partial charge in [0.1, 0.15) is 19.3 Å². The molecule has 1 fully saturated rings. The van der Waals surface area contributed by atoms with Gasteiger partial charge in [0, 0.05) is 41.9 Å². The number of nitrogens with one attached hydrogen (secondary N) is 1. The van der Waals surface area contributed by atoms with Gasteiger partial charge in [-0.15, -0.1) is 0 Å². The maximum Gasteiger partial charge on any atom is 0.415 e. The number of aromatic nitrogens is 2. The van der Waals surface area contributed by atoms with Crippen molar-refractivity contribution in [3.05, 3.63) is 48.3 Å². The number of rotatable bonds is 5. The summed E-state index contributed by atoms with van der Waals surface area (Å²) in [4.78, 5) is 22.1. The van der Waals surface area contributed by atoms with Crippen molar-refractivity contribution in [1.82, 2.24) is 14.9 Å². The molecule has 2 radical (unpaired) electrons. The lowest BCUT2D eigenvalue weighted by atomic mass is 9.91. The van der Waals surface area contributed by atoms with Gasteiger partial charge >= 0.3 is 6.09 Å². The van der Waals surface area contributed by atoms with Crippen molar-refractivity contribution in [3.8, 4) is 23.0 Å². The van der Waals surface area contributed by atoms with E-state index in [2.05, 4.69) is 9.97 Å². The Morgan fingerprint density at radius 2 is 1.91 bits per heavy atom. The van der Waals surface area contributed by atoms with E-state index < -0.39 is 6.09 Å². The van der Waals surface area contributed by atoms with Crippen molar-refractivity contribution >= 4 is 41.2 Å². The van der Waals surface area contributed by atoms with Gasteiger partial charge in [0.2, 0.25) is 0 Å². The molecular formula is C25H24BN3O5. The van der Waals surface area contributed by atoms with E-state index >= 15 is 0 Å². The molecule has 1 saturated heterocycles. The van der Waals surface area contributed by atoms with E-state index in [9.17, 15) is 4.79 Å². The fourth-order valence-electron chi connectivity index (χ4n) is 4.02. The Kier molecular flexibility index (Phi) is 6.02. The van der Waals surface area contributed by atoms with Crippen molar-refractivity contribution in [1.29, 1.82) is 0 Å². The largest absolute Gasteiger partial charge is 0.490 e. The number of pyridine rings is 1. The lowest BCUT2D eigenvalue weighted by molar-refractivity contribution is 0.0413. The van der Waals surface area contributed by atoms with Crippen LogP contribution >= 0.6 is 0 Å².